The first-order valence-corrected chi connectivity index (χ1v) is 6.92. The Bertz CT molecular complexity index is 514. The van der Waals surface area contributed by atoms with Gasteiger partial charge in [-0.1, -0.05) is 11.6 Å². The third kappa shape index (κ3) is 3.76. The summed E-state index contributed by atoms with van der Waals surface area (Å²) in [5, 5.41) is 0.381. The van der Waals surface area contributed by atoms with Crippen molar-refractivity contribution in [3.8, 4) is 5.75 Å². The van der Waals surface area contributed by atoms with Gasteiger partial charge in [0, 0.05) is 0 Å². The fraction of sp³-hybridized carbons (Fsp3) is 0.571. The first-order valence-electron chi connectivity index (χ1n) is 6.54. The van der Waals surface area contributed by atoms with Gasteiger partial charge < -0.3 is 9.47 Å². The maximum atomic E-state index is 12.2. The molecule has 0 N–H and O–H groups in total. The van der Waals surface area contributed by atoms with Crippen LogP contribution in [-0.2, 0) is 11.3 Å². The molecule has 1 aliphatic rings. The summed E-state index contributed by atoms with van der Waals surface area (Å²) in [6.45, 7) is 8.20. The van der Waals surface area contributed by atoms with Crippen LogP contribution >= 0.6 is 11.6 Å². The topological polar surface area (TPSA) is 51.7 Å². The number of pyridine rings is 1. The highest BCUT2D eigenvalue weighted by atomic mass is 35.5. The number of carbonyl (C=O) groups is 1. The van der Waals surface area contributed by atoms with Crippen molar-refractivity contribution >= 4 is 17.7 Å². The van der Waals surface area contributed by atoms with Crippen molar-refractivity contribution in [2.75, 3.05) is 6.54 Å². The highest BCUT2D eigenvalue weighted by Crippen LogP contribution is 2.26. The van der Waals surface area contributed by atoms with E-state index in [0.717, 1.165) is 0 Å². The number of nitrogens with zero attached hydrogens (tertiary/aromatic N) is 2. The molecule has 0 saturated carbocycles. The Balaban J connectivity index is 2.22. The molecule has 0 fully saturated rings. The smallest absolute Gasteiger partial charge is 0.410 e. The van der Waals surface area contributed by atoms with Gasteiger partial charge in [-0.3, -0.25) is 4.90 Å². The molecule has 1 atom stereocenters. The highest BCUT2D eigenvalue weighted by Gasteiger charge is 2.28. The average Bonchev–Trinajstić information content (AvgIpc) is 2.45. The van der Waals surface area contributed by atoms with E-state index in [9.17, 15) is 4.79 Å². The predicted octanol–water partition coefficient (Wildman–Crippen LogP) is 3.25. The lowest BCUT2D eigenvalue weighted by Crippen LogP contribution is -2.39. The Labute approximate surface area is 123 Å². The maximum Gasteiger partial charge on any atom is 0.410 e. The van der Waals surface area contributed by atoms with Gasteiger partial charge in [0.25, 0.3) is 0 Å². The molecule has 0 aromatic carbocycles. The molecule has 110 valence electrons. The molecule has 0 radical (unpaired) electrons. The van der Waals surface area contributed by atoms with Gasteiger partial charge in [-0.15, -0.1) is 0 Å². The van der Waals surface area contributed by atoms with Crippen LogP contribution in [0, 0.1) is 0 Å². The second kappa shape index (κ2) is 5.48. The Morgan fingerprint density at radius 1 is 1.50 bits per heavy atom. The molecule has 20 heavy (non-hydrogen) atoms. The van der Waals surface area contributed by atoms with Crippen molar-refractivity contribution in [3.63, 3.8) is 0 Å². The number of rotatable bonds is 0. The van der Waals surface area contributed by atoms with Crippen LogP contribution in [0.2, 0.25) is 5.15 Å². The summed E-state index contributed by atoms with van der Waals surface area (Å²) >= 11 is 5.90. The van der Waals surface area contributed by atoms with Crippen LogP contribution in [0.5, 0.6) is 5.75 Å². The largest absolute Gasteiger partial charge is 0.487 e. The van der Waals surface area contributed by atoms with E-state index in [2.05, 4.69) is 4.98 Å². The zero-order valence-electron chi connectivity index (χ0n) is 12.1. The van der Waals surface area contributed by atoms with Crippen molar-refractivity contribution in [1.82, 2.24) is 9.88 Å². The normalized spacial score (nSPS) is 18.9. The van der Waals surface area contributed by atoms with Gasteiger partial charge >= 0.3 is 6.09 Å². The molecule has 5 nitrogen and oxygen atoms in total. The number of carbonyl (C=O) groups excluding carboxylic acids is 1. The first kappa shape index (κ1) is 14.9. The molecule has 2 rings (SSSR count). The predicted molar refractivity (Wildman–Crippen MR) is 76.0 cm³/mol. The molecular weight excluding hydrogens is 280 g/mol. The summed E-state index contributed by atoms with van der Waals surface area (Å²) in [6.07, 6.45) is -0.505. The fourth-order valence-electron chi connectivity index (χ4n) is 1.96. The summed E-state index contributed by atoms with van der Waals surface area (Å²) < 4.78 is 11.1. The second-order valence-corrected chi connectivity index (χ2v) is 6.26. The fourth-order valence-corrected chi connectivity index (χ4v) is 2.12. The van der Waals surface area contributed by atoms with Crippen molar-refractivity contribution < 1.29 is 14.3 Å². The van der Waals surface area contributed by atoms with E-state index in [1.165, 1.54) is 0 Å². The van der Waals surface area contributed by atoms with Gasteiger partial charge in [0.2, 0.25) is 0 Å². The molecular formula is C14H19ClN2O3. The summed E-state index contributed by atoms with van der Waals surface area (Å²) in [7, 11) is 0. The van der Waals surface area contributed by atoms with E-state index in [4.69, 9.17) is 21.1 Å². The standard InChI is InChI=1S/C14H19ClN2O3/c1-9-7-17(13(18)20-14(2,3)4)8-10-11(19-9)5-6-12(15)16-10/h5-6,9H,7-8H2,1-4H3/t9-/m1/s1. The molecule has 0 aliphatic carbocycles. The lowest BCUT2D eigenvalue weighted by Gasteiger charge is -2.26. The summed E-state index contributed by atoms with van der Waals surface area (Å²) in [4.78, 5) is 18.0. The molecule has 2 heterocycles. The average molecular weight is 299 g/mol. The minimum Gasteiger partial charge on any atom is -0.487 e. The number of hydrogen-bond acceptors (Lipinski definition) is 4. The molecule has 1 amide bonds. The number of aromatic nitrogens is 1. The maximum absolute atomic E-state index is 12.2. The summed E-state index contributed by atoms with van der Waals surface area (Å²) in [5.74, 6) is 0.660. The van der Waals surface area contributed by atoms with Gasteiger partial charge in [-0.2, -0.15) is 0 Å². The Morgan fingerprint density at radius 2 is 2.20 bits per heavy atom. The van der Waals surface area contributed by atoms with E-state index in [1.54, 1.807) is 17.0 Å². The minimum atomic E-state index is -0.530. The zero-order valence-corrected chi connectivity index (χ0v) is 12.9. The van der Waals surface area contributed by atoms with Crippen LogP contribution < -0.4 is 4.74 Å². The molecule has 0 saturated heterocycles. The van der Waals surface area contributed by atoms with Crippen LogP contribution in [0.25, 0.3) is 0 Å². The second-order valence-electron chi connectivity index (χ2n) is 5.87. The minimum absolute atomic E-state index is 0.133. The molecule has 0 unspecified atom stereocenters. The van der Waals surface area contributed by atoms with E-state index in [-0.39, 0.29) is 12.2 Å². The number of amides is 1. The number of hydrogen-bond donors (Lipinski definition) is 0. The summed E-state index contributed by atoms with van der Waals surface area (Å²) in [5.41, 5.74) is 0.116. The molecule has 1 aromatic heterocycles. The Morgan fingerprint density at radius 3 is 2.85 bits per heavy atom. The van der Waals surface area contributed by atoms with Crippen molar-refractivity contribution in [2.45, 2.75) is 45.9 Å². The first-order chi connectivity index (χ1) is 9.24. The van der Waals surface area contributed by atoms with Crippen LogP contribution in [-0.4, -0.2) is 34.2 Å². The van der Waals surface area contributed by atoms with Crippen LogP contribution in [0.1, 0.15) is 33.4 Å². The van der Waals surface area contributed by atoms with Crippen molar-refractivity contribution in [1.29, 1.82) is 0 Å². The van der Waals surface area contributed by atoms with Crippen LogP contribution in [0.3, 0.4) is 0 Å². The van der Waals surface area contributed by atoms with Crippen LogP contribution in [0.15, 0.2) is 12.1 Å². The van der Waals surface area contributed by atoms with Crippen molar-refractivity contribution in [2.24, 2.45) is 0 Å². The number of halogens is 1. The third-order valence-electron chi connectivity index (χ3n) is 2.70. The zero-order chi connectivity index (χ0) is 14.9. The van der Waals surface area contributed by atoms with Gasteiger partial charge in [-0.05, 0) is 39.8 Å². The van der Waals surface area contributed by atoms with E-state index >= 15 is 0 Å². The monoisotopic (exact) mass is 298 g/mol. The lowest BCUT2D eigenvalue weighted by molar-refractivity contribution is 0.0187. The van der Waals surface area contributed by atoms with E-state index in [0.29, 0.717) is 29.7 Å². The van der Waals surface area contributed by atoms with Gasteiger partial charge in [0.05, 0.1) is 13.1 Å². The molecule has 1 aromatic rings. The lowest BCUT2D eigenvalue weighted by atomic mass is 10.2. The van der Waals surface area contributed by atoms with E-state index in [1.807, 2.05) is 27.7 Å². The molecule has 6 heteroatoms. The van der Waals surface area contributed by atoms with E-state index < -0.39 is 5.60 Å². The highest BCUT2D eigenvalue weighted by molar-refractivity contribution is 6.29. The number of ether oxygens (including phenoxy) is 2. The molecule has 0 bridgehead atoms. The SMILES string of the molecule is C[C@@H]1CN(C(=O)OC(C)(C)C)Cc2nc(Cl)ccc2O1. The number of fused-ring (bicyclic) bond motifs is 1. The van der Waals surface area contributed by atoms with Gasteiger partial charge in [-0.25, -0.2) is 9.78 Å². The van der Waals surface area contributed by atoms with Gasteiger partial charge in [0.1, 0.15) is 28.3 Å². The quantitative estimate of drug-likeness (QED) is 0.690. The van der Waals surface area contributed by atoms with Gasteiger partial charge in [0.15, 0.2) is 0 Å². The third-order valence-corrected chi connectivity index (χ3v) is 2.91. The Hall–Kier alpha value is -1.49. The molecule has 0 spiro atoms. The Kier molecular flexibility index (Phi) is 4.09. The molecule has 1 aliphatic heterocycles. The van der Waals surface area contributed by atoms with Crippen molar-refractivity contribution in [3.05, 3.63) is 23.0 Å². The summed E-state index contributed by atoms with van der Waals surface area (Å²) in [6, 6.07) is 3.45. The van der Waals surface area contributed by atoms with Crippen LogP contribution in [0.4, 0.5) is 4.79 Å².